The van der Waals surface area contributed by atoms with Gasteiger partial charge in [0.25, 0.3) is 0 Å². The summed E-state index contributed by atoms with van der Waals surface area (Å²) in [5, 5.41) is 5.09. The highest BCUT2D eigenvalue weighted by atomic mass is 32.1. The van der Waals surface area contributed by atoms with Crippen molar-refractivity contribution in [1.82, 2.24) is 19.5 Å². The van der Waals surface area contributed by atoms with Gasteiger partial charge >= 0.3 is 0 Å². The van der Waals surface area contributed by atoms with Crippen molar-refractivity contribution in [2.75, 3.05) is 0 Å². The Bertz CT molecular complexity index is 2850. The predicted octanol–water partition coefficient (Wildman–Crippen LogP) is 12.0. The number of benzene rings is 7. The van der Waals surface area contributed by atoms with E-state index in [4.69, 9.17) is 15.0 Å². The van der Waals surface area contributed by atoms with E-state index < -0.39 is 0 Å². The van der Waals surface area contributed by atoms with Crippen LogP contribution < -0.4 is 0 Å². The molecule has 0 amide bonds. The van der Waals surface area contributed by atoms with Crippen LogP contribution in [0, 0.1) is 0 Å². The summed E-state index contributed by atoms with van der Waals surface area (Å²) >= 11 is 1.85. The fourth-order valence-electron chi connectivity index (χ4n) is 7.04. The first-order valence-electron chi connectivity index (χ1n) is 16.7. The summed E-state index contributed by atoms with van der Waals surface area (Å²) in [6, 6.07) is 59.7. The lowest BCUT2D eigenvalue weighted by molar-refractivity contribution is 1.07. The molecule has 5 heteroatoms. The first-order chi connectivity index (χ1) is 24.8. The standard InChI is InChI=1S/C45H28N4S/c1-3-12-29(13-4-1)30-22-24-32(25-23-30)44-46-43(31-14-5-2-6-15-31)47-45(48-44)33-16-11-17-34(26-33)49-39-20-9-7-18-35(39)37-27-38-36-19-8-10-21-41(36)50-42(38)28-40(37)49/h1-28H. The third kappa shape index (κ3) is 4.79. The minimum Gasteiger partial charge on any atom is -0.309 e. The van der Waals surface area contributed by atoms with Crippen LogP contribution >= 0.6 is 11.3 Å². The summed E-state index contributed by atoms with van der Waals surface area (Å²) in [7, 11) is 0. The second-order valence-corrected chi connectivity index (χ2v) is 13.6. The summed E-state index contributed by atoms with van der Waals surface area (Å²) in [4.78, 5) is 15.1. The number of hydrogen-bond acceptors (Lipinski definition) is 4. The van der Waals surface area contributed by atoms with Crippen LogP contribution in [-0.4, -0.2) is 19.5 Å². The Hall–Kier alpha value is -6.43. The summed E-state index contributed by atoms with van der Waals surface area (Å²) in [6.07, 6.45) is 0. The molecule has 0 radical (unpaired) electrons. The normalized spacial score (nSPS) is 11.6. The SMILES string of the molecule is c1ccc(-c2ccc(-c3nc(-c4ccccc4)nc(-c4cccc(-n5c6ccccc6c6cc7c(cc65)sc5ccccc57)c4)n3)cc2)cc1. The smallest absolute Gasteiger partial charge is 0.164 e. The van der Waals surface area contributed by atoms with Gasteiger partial charge in [-0.2, -0.15) is 0 Å². The molecule has 0 aliphatic heterocycles. The van der Waals surface area contributed by atoms with Crippen LogP contribution in [0.25, 0.3) is 93.0 Å². The molecular formula is C45H28N4S. The third-order valence-corrected chi connectivity index (χ3v) is 10.6. The topological polar surface area (TPSA) is 43.6 Å². The van der Waals surface area contributed by atoms with Gasteiger partial charge < -0.3 is 4.57 Å². The van der Waals surface area contributed by atoms with Crippen molar-refractivity contribution in [2.24, 2.45) is 0 Å². The van der Waals surface area contributed by atoms with Crippen molar-refractivity contribution >= 4 is 53.3 Å². The second-order valence-electron chi connectivity index (χ2n) is 12.5. The maximum atomic E-state index is 5.08. The fourth-order valence-corrected chi connectivity index (χ4v) is 8.16. The van der Waals surface area contributed by atoms with Crippen LogP contribution in [0.4, 0.5) is 0 Å². The molecule has 10 aromatic rings. The zero-order valence-electron chi connectivity index (χ0n) is 26.9. The Morgan fingerprint density at radius 3 is 1.66 bits per heavy atom. The molecule has 0 bridgehead atoms. The Kier molecular flexibility index (Phi) is 6.64. The number of nitrogens with zero attached hydrogens (tertiary/aromatic N) is 4. The number of hydrogen-bond donors (Lipinski definition) is 0. The molecule has 7 aromatic carbocycles. The third-order valence-electron chi connectivity index (χ3n) is 9.45. The molecule has 0 N–H and O–H groups in total. The predicted molar refractivity (Wildman–Crippen MR) is 209 cm³/mol. The molecule has 0 saturated carbocycles. The van der Waals surface area contributed by atoms with Crippen molar-refractivity contribution in [3.8, 4) is 51.0 Å². The van der Waals surface area contributed by atoms with Gasteiger partial charge in [0.15, 0.2) is 17.5 Å². The van der Waals surface area contributed by atoms with Crippen LogP contribution in [0.5, 0.6) is 0 Å². The number of thiophene rings is 1. The molecule has 0 aliphatic rings. The number of para-hydroxylation sites is 1. The molecule has 234 valence electrons. The lowest BCUT2D eigenvalue weighted by Gasteiger charge is -2.12. The number of rotatable bonds is 5. The highest BCUT2D eigenvalue weighted by Crippen LogP contribution is 2.41. The lowest BCUT2D eigenvalue weighted by atomic mass is 10.0. The van der Waals surface area contributed by atoms with E-state index in [0.29, 0.717) is 17.5 Å². The average Bonchev–Trinajstić information content (AvgIpc) is 3.72. The Morgan fingerprint density at radius 1 is 0.340 bits per heavy atom. The van der Waals surface area contributed by atoms with Crippen LogP contribution in [0.15, 0.2) is 170 Å². The molecule has 0 spiro atoms. The molecule has 0 saturated heterocycles. The van der Waals surface area contributed by atoms with E-state index in [1.807, 2.05) is 47.7 Å². The summed E-state index contributed by atoms with van der Waals surface area (Å²) in [5.74, 6) is 1.92. The molecule has 3 heterocycles. The molecule has 10 rings (SSSR count). The zero-order valence-corrected chi connectivity index (χ0v) is 27.7. The Morgan fingerprint density at radius 2 is 0.900 bits per heavy atom. The molecule has 0 fully saturated rings. The molecule has 0 atom stereocenters. The van der Waals surface area contributed by atoms with Gasteiger partial charge in [0.2, 0.25) is 0 Å². The van der Waals surface area contributed by atoms with Gasteiger partial charge in [-0.3, -0.25) is 0 Å². The molecule has 4 nitrogen and oxygen atoms in total. The van der Waals surface area contributed by atoms with Crippen molar-refractivity contribution < 1.29 is 0 Å². The van der Waals surface area contributed by atoms with Crippen LogP contribution in [0.3, 0.4) is 0 Å². The first-order valence-corrected chi connectivity index (χ1v) is 17.5. The van der Waals surface area contributed by atoms with E-state index in [0.717, 1.165) is 27.9 Å². The van der Waals surface area contributed by atoms with Crippen LogP contribution in [0.1, 0.15) is 0 Å². The Balaban J connectivity index is 1.14. The van der Waals surface area contributed by atoms with E-state index in [1.165, 1.54) is 47.5 Å². The second kappa shape index (κ2) is 11.6. The monoisotopic (exact) mass is 656 g/mol. The van der Waals surface area contributed by atoms with Crippen molar-refractivity contribution in [3.63, 3.8) is 0 Å². The van der Waals surface area contributed by atoms with Gasteiger partial charge in [-0.25, -0.2) is 15.0 Å². The average molecular weight is 657 g/mol. The molecule has 50 heavy (non-hydrogen) atoms. The molecule has 0 unspecified atom stereocenters. The van der Waals surface area contributed by atoms with Crippen molar-refractivity contribution in [2.45, 2.75) is 0 Å². The minimum atomic E-state index is 0.635. The summed E-state index contributed by atoms with van der Waals surface area (Å²) in [5.41, 5.74) is 8.56. The highest BCUT2D eigenvalue weighted by Gasteiger charge is 2.17. The fraction of sp³-hybridized carbons (Fsp3) is 0. The number of fused-ring (bicyclic) bond motifs is 6. The first kappa shape index (κ1) is 28.6. The van der Waals surface area contributed by atoms with Crippen molar-refractivity contribution in [3.05, 3.63) is 170 Å². The lowest BCUT2D eigenvalue weighted by Crippen LogP contribution is -2.01. The van der Waals surface area contributed by atoms with Gasteiger partial charge in [0, 0.05) is 53.3 Å². The van der Waals surface area contributed by atoms with E-state index in [1.54, 1.807) is 0 Å². The maximum absolute atomic E-state index is 5.08. The summed E-state index contributed by atoms with van der Waals surface area (Å²) in [6.45, 7) is 0. The van der Waals surface area contributed by atoms with Crippen LogP contribution in [-0.2, 0) is 0 Å². The molecular weight excluding hydrogens is 629 g/mol. The van der Waals surface area contributed by atoms with Crippen LogP contribution in [0.2, 0.25) is 0 Å². The zero-order chi connectivity index (χ0) is 33.0. The van der Waals surface area contributed by atoms with Gasteiger partial charge in [-0.1, -0.05) is 133 Å². The highest BCUT2D eigenvalue weighted by molar-refractivity contribution is 7.25. The van der Waals surface area contributed by atoms with Gasteiger partial charge in [-0.05, 0) is 47.5 Å². The quantitative estimate of drug-likeness (QED) is 0.185. The minimum absolute atomic E-state index is 0.635. The van der Waals surface area contributed by atoms with E-state index in [2.05, 4.69) is 138 Å². The van der Waals surface area contributed by atoms with Gasteiger partial charge in [0.1, 0.15) is 0 Å². The largest absolute Gasteiger partial charge is 0.309 e. The molecule has 0 aliphatic carbocycles. The maximum Gasteiger partial charge on any atom is 0.164 e. The van der Waals surface area contributed by atoms with Gasteiger partial charge in [-0.15, -0.1) is 11.3 Å². The number of aromatic nitrogens is 4. The van der Waals surface area contributed by atoms with E-state index in [-0.39, 0.29) is 0 Å². The summed E-state index contributed by atoms with van der Waals surface area (Å²) < 4.78 is 4.97. The van der Waals surface area contributed by atoms with Crippen molar-refractivity contribution in [1.29, 1.82) is 0 Å². The van der Waals surface area contributed by atoms with E-state index >= 15 is 0 Å². The molecule has 3 aromatic heterocycles. The van der Waals surface area contributed by atoms with Gasteiger partial charge in [0.05, 0.1) is 11.0 Å². The van der Waals surface area contributed by atoms with E-state index in [9.17, 15) is 0 Å². The Labute approximate surface area is 292 Å².